The van der Waals surface area contributed by atoms with Crippen LogP contribution in [0, 0.1) is 11.3 Å². The number of benzene rings is 1. The van der Waals surface area contributed by atoms with E-state index in [1.165, 1.54) is 0 Å². The Morgan fingerprint density at radius 3 is 2.68 bits per heavy atom. The molecule has 5 heteroatoms. The van der Waals surface area contributed by atoms with Gasteiger partial charge in [-0.1, -0.05) is 24.3 Å². The second-order valence-electron chi connectivity index (χ2n) is 8.39. The largest absolute Gasteiger partial charge is 0.496 e. The zero-order valence-electron chi connectivity index (χ0n) is 17.0. The first-order valence-electron chi connectivity index (χ1n) is 9.98. The first kappa shape index (κ1) is 19.6. The lowest BCUT2D eigenvalue weighted by molar-refractivity contribution is -0.155. The van der Waals surface area contributed by atoms with Gasteiger partial charge in [0, 0.05) is 4.75 Å². The summed E-state index contributed by atoms with van der Waals surface area (Å²) in [4.78, 5) is 13.9. The van der Waals surface area contributed by atoms with Crippen LogP contribution in [-0.2, 0) is 14.3 Å². The molecule has 4 nitrogen and oxygen atoms in total. The number of carbonyl (C=O) groups is 1. The van der Waals surface area contributed by atoms with Crippen LogP contribution in [0.3, 0.4) is 0 Å². The number of ether oxygens (including phenoxy) is 2. The lowest BCUT2D eigenvalue weighted by Crippen LogP contribution is -2.48. The van der Waals surface area contributed by atoms with Crippen LogP contribution < -0.4 is 0 Å². The van der Waals surface area contributed by atoms with Crippen LogP contribution in [0.4, 0.5) is 0 Å². The van der Waals surface area contributed by atoms with Crippen molar-refractivity contribution >= 4 is 23.8 Å². The van der Waals surface area contributed by atoms with Crippen molar-refractivity contribution in [3.05, 3.63) is 51.6 Å². The van der Waals surface area contributed by atoms with E-state index in [1.807, 2.05) is 51.1 Å². The minimum Gasteiger partial charge on any atom is -0.496 e. The Morgan fingerprint density at radius 2 is 2.04 bits per heavy atom. The molecular formula is C23H28O4S. The van der Waals surface area contributed by atoms with E-state index in [-0.39, 0.29) is 10.7 Å². The van der Waals surface area contributed by atoms with Crippen molar-refractivity contribution in [1.82, 2.24) is 0 Å². The number of rotatable bonds is 5. The Labute approximate surface area is 171 Å². The Bertz CT molecular complexity index is 865. The SMILES string of the molecule is CCOC(=O)C(C)(C)C1(C2CC2)CC2=C(S1)C(OC)=Cc1ccccc1C2O. The van der Waals surface area contributed by atoms with Crippen molar-refractivity contribution in [3.8, 4) is 0 Å². The minimum absolute atomic E-state index is 0.162. The molecule has 3 aliphatic rings. The van der Waals surface area contributed by atoms with Crippen LogP contribution >= 0.6 is 11.8 Å². The van der Waals surface area contributed by atoms with Crippen molar-refractivity contribution in [1.29, 1.82) is 0 Å². The van der Waals surface area contributed by atoms with E-state index in [9.17, 15) is 9.90 Å². The first-order chi connectivity index (χ1) is 13.4. The highest BCUT2D eigenvalue weighted by Crippen LogP contribution is 2.67. The molecule has 2 aliphatic carbocycles. The lowest BCUT2D eigenvalue weighted by Gasteiger charge is -2.42. The Balaban J connectivity index is 1.79. The van der Waals surface area contributed by atoms with Gasteiger partial charge in [0.05, 0.1) is 24.0 Å². The summed E-state index contributed by atoms with van der Waals surface area (Å²) >= 11 is 1.72. The Morgan fingerprint density at radius 1 is 1.32 bits per heavy atom. The van der Waals surface area contributed by atoms with E-state index in [2.05, 4.69) is 0 Å². The number of fused-ring (bicyclic) bond motifs is 1. The highest BCUT2D eigenvalue weighted by molar-refractivity contribution is 8.05. The number of aliphatic hydroxyl groups is 1. The fraction of sp³-hybridized carbons (Fsp3) is 0.522. The van der Waals surface area contributed by atoms with E-state index >= 15 is 0 Å². The standard InChI is InChI=1S/C23H28O4S/c1-5-27-21(25)22(2,3)23(15-10-11-15)13-17-19(24)16-9-7-6-8-14(16)12-18(26-4)20(17)28-23/h6-9,12,15,19,24H,5,10-11,13H2,1-4H3. The van der Waals surface area contributed by atoms with E-state index in [0.717, 1.165) is 40.2 Å². The highest BCUT2D eigenvalue weighted by Gasteiger charge is 2.63. The van der Waals surface area contributed by atoms with Gasteiger partial charge in [-0.3, -0.25) is 4.79 Å². The third-order valence-corrected chi connectivity index (χ3v) is 8.48. The van der Waals surface area contributed by atoms with Crippen molar-refractivity contribution < 1.29 is 19.4 Å². The number of methoxy groups -OCH3 is 1. The maximum Gasteiger partial charge on any atom is 0.312 e. The summed E-state index contributed by atoms with van der Waals surface area (Å²) in [5.74, 6) is 1.04. The third kappa shape index (κ3) is 2.82. The monoisotopic (exact) mass is 400 g/mol. The molecule has 1 N–H and O–H groups in total. The number of aliphatic hydroxyl groups excluding tert-OH is 1. The van der Waals surface area contributed by atoms with E-state index < -0.39 is 11.5 Å². The lowest BCUT2D eigenvalue weighted by atomic mass is 9.71. The van der Waals surface area contributed by atoms with Gasteiger partial charge >= 0.3 is 5.97 Å². The molecule has 0 amide bonds. The molecule has 150 valence electrons. The quantitative estimate of drug-likeness (QED) is 0.716. The topological polar surface area (TPSA) is 55.8 Å². The normalized spacial score (nSPS) is 26.9. The van der Waals surface area contributed by atoms with Crippen LogP contribution in [-0.4, -0.2) is 29.5 Å². The molecule has 1 aromatic carbocycles. The molecule has 0 bridgehead atoms. The van der Waals surface area contributed by atoms with Crippen LogP contribution in [0.15, 0.2) is 40.5 Å². The average molecular weight is 401 g/mol. The van der Waals surface area contributed by atoms with Gasteiger partial charge in [0.15, 0.2) is 0 Å². The summed E-state index contributed by atoms with van der Waals surface area (Å²) in [6.45, 7) is 6.22. The molecule has 2 unspecified atom stereocenters. The minimum atomic E-state index is -0.693. The second kappa shape index (κ2) is 6.96. The fourth-order valence-electron chi connectivity index (χ4n) is 4.63. The van der Waals surface area contributed by atoms with Gasteiger partial charge in [0.25, 0.3) is 0 Å². The number of esters is 1. The number of hydrogen-bond acceptors (Lipinski definition) is 5. The third-order valence-electron chi connectivity index (χ3n) is 6.46. The van der Waals surface area contributed by atoms with Gasteiger partial charge in [-0.2, -0.15) is 0 Å². The van der Waals surface area contributed by atoms with Gasteiger partial charge in [0.2, 0.25) is 0 Å². The molecule has 1 aliphatic heterocycles. The molecule has 0 saturated heterocycles. The molecular weight excluding hydrogens is 372 g/mol. The molecule has 0 aromatic heterocycles. The average Bonchev–Trinajstić information content (AvgIpc) is 3.47. The van der Waals surface area contributed by atoms with Crippen LogP contribution in [0.25, 0.3) is 6.08 Å². The van der Waals surface area contributed by atoms with Gasteiger partial charge in [-0.15, -0.1) is 11.8 Å². The van der Waals surface area contributed by atoms with E-state index in [0.29, 0.717) is 18.9 Å². The molecule has 2 atom stereocenters. The zero-order chi connectivity index (χ0) is 20.1. The summed E-state index contributed by atoms with van der Waals surface area (Å²) < 4.78 is 10.9. The molecule has 1 aromatic rings. The second-order valence-corrected chi connectivity index (χ2v) is 9.73. The smallest absolute Gasteiger partial charge is 0.312 e. The van der Waals surface area contributed by atoms with Gasteiger partial charge in [-0.25, -0.2) is 0 Å². The molecule has 1 fully saturated rings. The van der Waals surface area contributed by atoms with Gasteiger partial charge < -0.3 is 14.6 Å². The molecule has 0 radical (unpaired) electrons. The predicted octanol–water partition coefficient (Wildman–Crippen LogP) is 4.85. The highest BCUT2D eigenvalue weighted by atomic mass is 32.2. The predicted molar refractivity (Wildman–Crippen MR) is 111 cm³/mol. The summed E-state index contributed by atoms with van der Waals surface area (Å²) in [5, 5.41) is 11.3. The summed E-state index contributed by atoms with van der Waals surface area (Å²) in [7, 11) is 1.67. The van der Waals surface area contributed by atoms with Crippen LogP contribution in [0.5, 0.6) is 0 Å². The van der Waals surface area contributed by atoms with Crippen molar-refractivity contribution in [3.63, 3.8) is 0 Å². The summed E-state index contributed by atoms with van der Waals surface area (Å²) in [6, 6.07) is 7.89. The van der Waals surface area contributed by atoms with E-state index in [4.69, 9.17) is 9.47 Å². The molecule has 1 saturated carbocycles. The first-order valence-corrected chi connectivity index (χ1v) is 10.8. The number of carbonyl (C=O) groups excluding carboxylic acids is 1. The van der Waals surface area contributed by atoms with Gasteiger partial charge in [0.1, 0.15) is 11.9 Å². The van der Waals surface area contributed by atoms with Crippen LogP contribution in [0.1, 0.15) is 57.3 Å². The maximum atomic E-state index is 12.9. The molecule has 4 rings (SSSR count). The molecule has 28 heavy (non-hydrogen) atoms. The zero-order valence-corrected chi connectivity index (χ0v) is 17.8. The fourth-order valence-corrected chi connectivity index (χ4v) is 6.52. The Hall–Kier alpha value is -1.72. The summed E-state index contributed by atoms with van der Waals surface area (Å²) in [6.07, 6.45) is 4.19. The van der Waals surface area contributed by atoms with Crippen molar-refractivity contribution in [2.75, 3.05) is 13.7 Å². The summed E-state index contributed by atoms with van der Waals surface area (Å²) in [5.41, 5.74) is 2.16. The van der Waals surface area contributed by atoms with E-state index in [1.54, 1.807) is 18.9 Å². The molecule has 1 heterocycles. The van der Waals surface area contributed by atoms with Gasteiger partial charge in [-0.05, 0) is 68.7 Å². The van der Waals surface area contributed by atoms with Crippen molar-refractivity contribution in [2.45, 2.75) is 50.9 Å². The Kier molecular flexibility index (Phi) is 4.87. The number of hydrogen-bond donors (Lipinski definition) is 1. The molecule has 0 spiro atoms. The number of thioether (sulfide) groups is 1. The van der Waals surface area contributed by atoms with Crippen LogP contribution in [0.2, 0.25) is 0 Å². The maximum absolute atomic E-state index is 12.9. The van der Waals surface area contributed by atoms with Crippen molar-refractivity contribution in [2.24, 2.45) is 11.3 Å².